The monoisotopic (exact) mass is 316 g/mol. The van der Waals surface area contributed by atoms with E-state index in [-0.39, 0.29) is 11.8 Å². The first-order chi connectivity index (χ1) is 10.3. The topological polar surface area (TPSA) is 55.6 Å². The van der Waals surface area contributed by atoms with E-state index in [1.165, 1.54) is 0 Å². The van der Waals surface area contributed by atoms with Gasteiger partial charge < -0.3 is 9.64 Å². The molecule has 1 saturated heterocycles. The van der Waals surface area contributed by atoms with Crippen LogP contribution in [0.25, 0.3) is 0 Å². The van der Waals surface area contributed by atoms with Crippen molar-refractivity contribution in [2.24, 2.45) is 0 Å². The fraction of sp³-hybridized carbons (Fsp3) is 0.429. The molecule has 1 aliphatic heterocycles. The van der Waals surface area contributed by atoms with Gasteiger partial charge in [0.25, 0.3) is 5.69 Å². The number of ether oxygens (including phenoxy) is 1. The molecule has 1 aromatic carbocycles. The third kappa shape index (κ3) is 3.56. The zero-order valence-corrected chi connectivity index (χ0v) is 11.7. The summed E-state index contributed by atoms with van der Waals surface area (Å²) in [5.41, 5.74) is -1.62. The van der Waals surface area contributed by atoms with Crippen LogP contribution < -0.4 is 4.90 Å². The maximum atomic E-state index is 13.2. The van der Waals surface area contributed by atoms with Gasteiger partial charge in [0, 0.05) is 30.9 Å². The van der Waals surface area contributed by atoms with Crippen LogP contribution in [-0.2, 0) is 10.9 Å². The Hall–Kier alpha value is -2.09. The van der Waals surface area contributed by atoms with Crippen molar-refractivity contribution >= 4 is 11.4 Å². The SMILES string of the molecule is C=CCOC1CCN(c2ccc([N+](=O)[O-])cc2C(F)(F)F)C1. The van der Waals surface area contributed by atoms with Crippen LogP contribution in [0.15, 0.2) is 30.9 Å². The molecule has 0 bridgehead atoms. The number of benzene rings is 1. The van der Waals surface area contributed by atoms with Crippen molar-refractivity contribution in [3.05, 3.63) is 46.5 Å². The Morgan fingerprint density at radius 1 is 1.50 bits per heavy atom. The molecule has 1 aromatic rings. The number of halogens is 3. The lowest BCUT2D eigenvalue weighted by atomic mass is 10.1. The molecule has 1 unspecified atom stereocenters. The number of nitro benzene ring substituents is 1. The van der Waals surface area contributed by atoms with Crippen molar-refractivity contribution < 1.29 is 22.8 Å². The summed E-state index contributed by atoms with van der Waals surface area (Å²) in [6.07, 6.45) is -2.64. The van der Waals surface area contributed by atoms with Crippen molar-refractivity contribution in [3.63, 3.8) is 0 Å². The lowest BCUT2D eigenvalue weighted by Gasteiger charge is -2.23. The van der Waals surface area contributed by atoms with E-state index in [9.17, 15) is 23.3 Å². The molecular formula is C14H15F3N2O3. The number of anilines is 1. The molecule has 0 amide bonds. The summed E-state index contributed by atoms with van der Waals surface area (Å²) in [5.74, 6) is 0. The molecule has 120 valence electrons. The highest BCUT2D eigenvalue weighted by atomic mass is 19.4. The molecule has 0 radical (unpaired) electrons. The van der Waals surface area contributed by atoms with Gasteiger partial charge in [0.1, 0.15) is 0 Å². The van der Waals surface area contributed by atoms with Crippen LogP contribution >= 0.6 is 0 Å². The molecule has 0 N–H and O–H groups in total. The van der Waals surface area contributed by atoms with Gasteiger partial charge in [-0.25, -0.2) is 0 Å². The van der Waals surface area contributed by atoms with Crippen molar-refractivity contribution in [2.75, 3.05) is 24.6 Å². The average Bonchev–Trinajstić information content (AvgIpc) is 2.92. The zero-order valence-electron chi connectivity index (χ0n) is 11.7. The van der Waals surface area contributed by atoms with E-state index < -0.39 is 22.4 Å². The summed E-state index contributed by atoms with van der Waals surface area (Å²) in [4.78, 5) is 11.4. The first-order valence-electron chi connectivity index (χ1n) is 6.66. The average molecular weight is 316 g/mol. The molecule has 1 fully saturated rings. The summed E-state index contributed by atoms with van der Waals surface area (Å²) in [5, 5.41) is 10.7. The largest absolute Gasteiger partial charge is 0.418 e. The van der Waals surface area contributed by atoms with Crippen LogP contribution in [0.4, 0.5) is 24.5 Å². The third-order valence-corrected chi connectivity index (χ3v) is 3.43. The highest BCUT2D eigenvalue weighted by Gasteiger charge is 2.38. The summed E-state index contributed by atoms with van der Waals surface area (Å²) in [6.45, 7) is 4.58. The molecule has 0 spiro atoms. The van der Waals surface area contributed by atoms with Gasteiger partial charge in [0.05, 0.1) is 23.2 Å². The van der Waals surface area contributed by atoms with Crippen molar-refractivity contribution in [1.29, 1.82) is 0 Å². The first kappa shape index (κ1) is 16.3. The predicted molar refractivity (Wildman–Crippen MR) is 74.9 cm³/mol. The quantitative estimate of drug-likeness (QED) is 0.475. The normalized spacial score (nSPS) is 18.5. The second-order valence-electron chi connectivity index (χ2n) is 4.94. The Balaban J connectivity index is 2.27. The number of nitro groups is 1. The van der Waals surface area contributed by atoms with Crippen molar-refractivity contribution in [1.82, 2.24) is 0 Å². The number of non-ortho nitro benzene ring substituents is 1. The Morgan fingerprint density at radius 3 is 2.82 bits per heavy atom. The molecule has 5 nitrogen and oxygen atoms in total. The lowest BCUT2D eigenvalue weighted by Crippen LogP contribution is -2.25. The Labute approximate surface area is 125 Å². The number of rotatable bonds is 5. The Morgan fingerprint density at radius 2 is 2.23 bits per heavy atom. The van der Waals surface area contributed by atoms with E-state index in [1.54, 1.807) is 11.0 Å². The van der Waals surface area contributed by atoms with Gasteiger partial charge in [0.15, 0.2) is 0 Å². The van der Waals surface area contributed by atoms with Crippen LogP contribution in [0, 0.1) is 10.1 Å². The fourth-order valence-electron chi connectivity index (χ4n) is 2.43. The van der Waals surface area contributed by atoms with Crippen molar-refractivity contribution in [3.8, 4) is 0 Å². The highest BCUT2D eigenvalue weighted by molar-refractivity contribution is 5.59. The minimum absolute atomic E-state index is 0.0530. The summed E-state index contributed by atoms with van der Waals surface area (Å²) in [6, 6.07) is 2.81. The van der Waals surface area contributed by atoms with Gasteiger partial charge in [-0.05, 0) is 12.5 Å². The first-order valence-corrected chi connectivity index (χ1v) is 6.66. The molecule has 1 heterocycles. The van der Waals surface area contributed by atoms with Gasteiger partial charge in [-0.3, -0.25) is 10.1 Å². The van der Waals surface area contributed by atoms with Gasteiger partial charge in [-0.15, -0.1) is 6.58 Å². The Kier molecular flexibility index (Phi) is 4.70. The number of hydrogen-bond donors (Lipinski definition) is 0. The third-order valence-electron chi connectivity index (χ3n) is 3.43. The predicted octanol–water partition coefficient (Wildman–Crippen LogP) is 3.39. The fourth-order valence-corrected chi connectivity index (χ4v) is 2.43. The second kappa shape index (κ2) is 6.35. The van der Waals surface area contributed by atoms with Crippen LogP contribution in [0.5, 0.6) is 0 Å². The zero-order chi connectivity index (χ0) is 16.3. The molecular weight excluding hydrogens is 301 g/mol. The van der Waals surface area contributed by atoms with Crippen LogP contribution in [0.3, 0.4) is 0 Å². The van der Waals surface area contributed by atoms with Crippen LogP contribution in [0.2, 0.25) is 0 Å². The summed E-state index contributed by atoms with van der Waals surface area (Å²) < 4.78 is 44.9. The van der Waals surface area contributed by atoms with Crippen LogP contribution in [-0.4, -0.2) is 30.7 Å². The maximum Gasteiger partial charge on any atom is 0.418 e. The molecule has 0 aromatic heterocycles. The molecule has 22 heavy (non-hydrogen) atoms. The standard InChI is InChI=1S/C14H15F3N2O3/c1-2-7-22-11-5-6-18(9-11)13-4-3-10(19(20)21)8-12(13)14(15,16)17/h2-4,8,11H,1,5-7,9H2. The number of hydrogen-bond acceptors (Lipinski definition) is 4. The minimum atomic E-state index is -4.65. The lowest BCUT2D eigenvalue weighted by molar-refractivity contribution is -0.385. The Bertz CT molecular complexity index is 575. The maximum absolute atomic E-state index is 13.2. The number of nitrogens with zero attached hydrogens (tertiary/aromatic N) is 2. The van der Waals surface area contributed by atoms with E-state index >= 15 is 0 Å². The van der Waals surface area contributed by atoms with Gasteiger partial charge in [-0.1, -0.05) is 6.08 Å². The summed E-state index contributed by atoms with van der Waals surface area (Å²) in [7, 11) is 0. The molecule has 8 heteroatoms. The summed E-state index contributed by atoms with van der Waals surface area (Å²) >= 11 is 0. The van der Waals surface area contributed by atoms with E-state index in [4.69, 9.17) is 4.74 Å². The molecule has 0 aliphatic carbocycles. The van der Waals surface area contributed by atoms with E-state index in [0.717, 1.165) is 12.1 Å². The van der Waals surface area contributed by atoms with Crippen LogP contribution in [0.1, 0.15) is 12.0 Å². The molecule has 1 atom stereocenters. The van der Waals surface area contributed by atoms with E-state index in [1.807, 2.05) is 0 Å². The smallest absolute Gasteiger partial charge is 0.372 e. The molecule has 0 saturated carbocycles. The van der Waals surface area contributed by atoms with E-state index in [2.05, 4.69) is 6.58 Å². The minimum Gasteiger partial charge on any atom is -0.372 e. The number of alkyl halides is 3. The van der Waals surface area contributed by atoms with Crippen molar-refractivity contribution in [2.45, 2.75) is 18.7 Å². The van der Waals surface area contributed by atoms with E-state index in [0.29, 0.717) is 32.2 Å². The van der Waals surface area contributed by atoms with Gasteiger partial charge >= 0.3 is 6.18 Å². The highest BCUT2D eigenvalue weighted by Crippen LogP contribution is 2.39. The van der Waals surface area contributed by atoms with Gasteiger partial charge in [0.2, 0.25) is 0 Å². The van der Waals surface area contributed by atoms with Gasteiger partial charge in [-0.2, -0.15) is 13.2 Å². The molecule has 1 aliphatic rings. The second-order valence-corrected chi connectivity index (χ2v) is 4.94. The molecule has 2 rings (SSSR count).